The number of carbonyl (C=O) groups excluding carboxylic acids is 2. The zero-order chi connectivity index (χ0) is 19.6. The Kier molecular flexibility index (Phi) is 5.58. The summed E-state index contributed by atoms with van der Waals surface area (Å²) in [6, 6.07) is 9.25. The summed E-state index contributed by atoms with van der Waals surface area (Å²) in [6.07, 6.45) is 0.310. The summed E-state index contributed by atoms with van der Waals surface area (Å²) in [6.45, 7) is 1.46. The van der Waals surface area contributed by atoms with Crippen molar-refractivity contribution in [1.29, 1.82) is 0 Å². The molecule has 0 saturated carbocycles. The highest BCUT2D eigenvalue weighted by Crippen LogP contribution is 2.27. The van der Waals surface area contributed by atoms with Crippen LogP contribution in [0.1, 0.15) is 12.5 Å². The maximum atomic E-state index is 12.2. The molecule has 0 aliphatic carbocycles. The van der Waals surface area contributed by atoms with Crippen molar-refractivity contribution >= 4 is 51.7 Å². The van der Waals surface area contributed by atoms with Gasteiger partial charge in [-0.15, -0.1) is 0 Å². The van der Waals surface area contributed by atoms with E-state index in [-0.39, 0.29) is 12.2 Å². The van der Waals surface area contributed by atoms with Crippen molar-refractivity contribution in [2.24, 2.45) is 0 Å². The third-order valence-corrected chi connectivity index (χ3v) is 4.40. The Bertz CT molecular complexity index is 1010. The molecule has 0 radical (unpaired) electrons. The third kappa shape index (κ3) is 4.53. The number of fused-ring (bicyclic) bond motifs is 1. The second-order valence-corrected chi connectivity index (χ2v) is 6.71. The van der Waals surface area contributed by atoms with Crippen LogP contribution in [0.3, 0.4) is 0 Å². The van der Waals surface area contributed by atoms with Gasteiger partial charge in [-0.1, -0.05) is 23.2 Å². The number of ether oxygens (including phenoxy) is 1. The smallest absolute Gasteiger partial charge is 0.311 e. The molecule has 2 aromatic carbocycles. The maximum absolute atomic E-state index is 12.2. The van der Waals surface area contributed by atoms with Crippen LogP contribution < -0.4 is 5.32 Å². The van der Waals surface area contributed by atoms with Gasteiger partial charge in [-0.2, -0.15) is 0 Å². The molecule has 0 bridgehead atoms. The third-order valence-electron chi connectivity index (χ3n) is 3.84. The van der Waals surface area contributed by atoms with Crippen molar-refractivity contribution in [3.8, 4) is 5.75 Å². The summed E-state index contributed by atoms with van der Waals surface area (Å²) in [7, 11) is 0. The summed E-state index contributed by atoms with van der Waals surface area (Å²) in [5.41, 5.74) is 1.39. The van der Waals surface area contributed by atoms with Crippen LogP contribution >= 0.6 is 23.2 Å². The van der Waals surface area contributed by atoms with Crippen molar-refractivity contribution in [2.45, 2.75) is 19.4 Å². The lowest BCUT2D eigenvalue weighted by molar-refractivity contribution is -0.152. The predicted molar refractivity (Wildman–Crippen MR) is 102 cm³/mol. The number of anilines is 1. The Morgan fingerprint density at radius 2 is 2.00 bits per heavy atom. The van der Waals surface area contributed by atoms with Gasteiger partial charge in [-0.25, -0.2) is 0 Å². The monoisotopic (exact) mass is 407 g/mol. The average Bonchev–Trinajstić information content (AvgIpc) is 2.99. The summed E-state index contributed by atoms with van der Waals surface area (Å²) in [4.78, 5) is 24.4. The van der Waals surface area contributed by atoms with Crippen molar-refractivity contribution in [2.75, 3.05) is 5.32 Å². The zero-order valence-electron chi connectivity index (χ0n) is 14.2. The van der Waals surface area contributed by atoms with Gasteiger partial charge in [0.25, 0.3) is 5.91 Å². The number of phenolic OH excluding ortho intramolecular Hbond substituents is 1. The molecule has 1 atom stereocenters. The van der Waals surface area contributed by atoms with Crippen LogP contribution in [-0.2, 0) is 20.7 Å². The molecule has 27 heavy (non-hydrogen) atoms. The minimum Gasteiger partial charge on any atom is -0.508 e. The molecule has 3 aromatic rings. The van der Waals surface area contributed by atoms with Crippen LogP contribution in [0.2, 0.25) is 10.0 Å². The van der Waals surface area contributed by atoms with Gasteiger partial charge in [0.15, 0.2) is 6.10 Å². The largest absolute Gasteiger partial charge is 0.508 e. The number of phenols is 1. The van der Waals surface area contributed by atoms with Gasteiger partial charge in [0, 0.05) is 22.0 Å². The van der Waals surface area contributed by atoms with Gasteiger partial charge in [0.2, 0.25) is 0 Å². The Hall–Kier alpha value is -2.70. The van der Waals surface area contributed by atoms with Crippen LogP contribution in [0.25, 0.3) is 11.0 Å². The van der Waals surface area contributed by atoms with Gasteiger partial charge in [0.1, 0.15) is 11.3 Å². The number of rotatable bonds is 5. The van der Waals surface area contributed by atoms with Crippen molar-refractivity contribution < 1.29 is 23.8 Å². The number of hydrogen-bond acceptors (Lipinski definition) is 5. The highest BCUT2D eigenvalue weighted by molar-refractivity contribution is 6.35. The second-order valence-electron chi connectivity index (χ2n) is 5.86. The number of furan rings is 1. The lowest BCUT2D eigenvalue weighted by Crippen LogP contribution is -2.30. The van der Waals surface area contributed by atoms with Crippen LogP contribution in [0.5, 0.6) is 5.75 Å². The summed E-state index contributed by atoms with van der Waals surface area (Å²) in [5.74, 6) is -1.06. The number of nitrogens with one attached hydrogen (secondary N) is 1. The maximum Gasteiger partial charge on any atom is 0.311 e. The van der Waals surface area contributed by atoms with E-state index in [2.05, 4.69) is 5.32 Å². The van der Waals surface area contributed by atoms with E-state index in [4.69, 9.17) is 32.4 Å². The topological polar surface area (TPSA) is 88.8 Å². The number of carbonyl (C=O) groups is 2. The van der Waals surface area contributed by atoms with Crippen LogP contribution in [0.15, 0.2) is 47.1 Å². The molecule has 0 aliphatic heterocycles. The van der Waals surface area contributed by atoms with E-state index in [0.717, 1.165) is 0 Å². The Labute approximate surface area is 164 Å². The average molecular weight is 408 g/mol. The molecule has 0 fully saturated rings. The molecule has 0 spiro atoms. The summed E-state index contributed by atoms with van der Waals surface area (Å²) < 4.78 is 10.5. The van der Waals surface area contributed by atoms with E-state index < -0.39 is 18.0 Å². The number of amides is 1. The van der Waals surface area contributed by atoms with E-state index in [1.165, 1.54) is 31.4 Å². The fourth-order valence-electron chi connectivity index (χ4n) is 2.48. The Morgan fingerprint density at radius 1 is 1.22 bits per heavy atom. The first-order valence-electron chi connectivity index (χ1n) is 7.98. The molecule has 1 amide bonds. The molecule has 140 valence electrons. The van der Waals surface area contributed by atoms with Crippen molar-refractivity contribution in [1.82, 2.24) is 0 Å². The first kappa shape index (κ1) is 19.1. The number of aromatic hydroxyl groups is 1. The molecule has 8 heteroatoms. The van der Waals surface area contributed by atoms with Gasteiger partial charge < -0.3 is 19.6 Å². The lowest BCUT2D eigenvalue weighted by Gasteiger charge is -2.14. The molecule has 0 saturated heterocycles. The first-order chi connectivity index (χ1) is 12.8. The highest BCUT2D eigenvalue weighted by atomic mass is 35.5. The minimum absolute atomic E-state index is 0.0657. The standard InChI is InChI=1S/C19H15Cl2NO5/c1-10(19(25)22-16-7-12(20)2-5-15(16)21)27-18(24)6-11-9-26-17-8-13(23)3-4-14(11)17/h2-5,7-10,23H,6H2,1H3,(H,22,25)/t10-/m0/s1. The zero-order valence-corrected chi connectivity index (χ0v) is 15.7. The van der Waals surface area contributed by atoms with Gasteiger partial charge in [-0.05, 0) is 37.3 Å². The van der Waals surface area contributed by atoms with E-state index in [9.17, 15) is 14.7 Å². The molecular formula is C19H15Cl2NO5. The fraction of sp³-hybridized carbons (Fsp3) is 0.158. The van der Waals surface area contributed by atoms with Crippen molar-refractivity contribution in [3.05, 3.63) is 58.3 Å². The van der Waals surface area contributed by atoms with E-state index in [1.54, 1.807) is 18.2 Å². The Balaban J connectivity index is 1.62. The summed E-state index contributed by atoms with van der Waals surface area (Å²) in [5, 5.41) is 13.4. The SMILES string of the molecule is C[C@H](OC(=O)Cc1coc2cc(O)ccc12)C(=O)Nc1cc(Cl)ccc1Cl. The van der Waals surface area contributed by atoms with Gasteiger partial charge in [0.05, 0.1) is 23.4 Å². The number of halogens is 2. The molecule has 1 heterocycles. The molecule has 0 unspecified atom stereocenters. The van der Waals surface area contributed by atoms with Crippen LogP contribution in [0, 0.1) is 0 Å². The normalized spacial score (nSPS) is 12.0. The minimum atomic E-state index is -1.03. The second kappa shape index (κ2) is 7.90. The van der Waals surface area contributed by atoms with E-state index >= 15 is 0 Å². The molecule has 1 aromatic heterocycles. The van der Waals surface area contributed by atoms with Crippen LogP contribution in [0.4, 0.5) is 5.69 Å². The quantitative estimate of drug-likeness (QED) is 0.605. The predicted octanol–water partition coefficient (Wildman–Crippen LogP) is 4.56. The summed E-state index contributed by atoms with van der Waals surface area (Å²) >= 11 is 11.9. The first-order valence-corrected chi connectivity index (χ1v) is 8.73. The fourth-order valence-corrected chi connectivity index (χ4v) is 2.82. The van der Waals surface area contributed by atoms with Gasteiger partial charge >= 0.3 is 5.97 Å². The van der Waals surface area contributed by atoms with Crippen LogP contribution in [-0.4, -0.2) is 23.1 Å². The number of benzene rings is 2. The van der Waals surface area contributed by atoms with Gasteiger partial charge in [-0.3, -0.25) is 9.59 Å². The number of hydrogen-bond donors (Lipinski definition) is 2. The molecule has 0 aliphatic rings. The molecular weight excluding hydrogens is 393 g/mol. The van der Waals surface area contributed by atoms with E-state index in [0.29, 0.717) is 32.3 Å². The molecule has 3 rings (SSSR count). The lowest BCUT2D eigenvalue weighted by atomic mass is 10.1. The van der Waals surface area contributed by atoms with Crippen molar-refractivity contribution in [3.63, 3.8) is 0 Å². The highest BCUT2D eigenvalue weighted by Gasteiger charge is 2.20. The number of esters is 1. The molecule has 2 N–H and O–H groups in total. The molecule has 6 nitrogen and oxygen atoms in total. The Morgan fingerprint density at radius 3 is 2.78 bits per heavy atom. The van der Waals surface area contributed by atoms with E-state index in [1.807, 2.05) is 0 Å².